The van der Waals surface area contributed by atoms with Gasteiger partial charge in [0.2, 0.25) is 0 Å². The Morgan fingerprint density at radius 3 is 2.97 bits per heavy atom. The van der Waals surface area contributed by atoms with Gasteiger partial charge < -0.3 is 19.3 Å². The van der Waals surface area contributed by atoms with Crippen LogP contribution < -0.4 is 5.32 Å². The van der Waals surface area contributed by atoms with E-state index in [2.05, 4.69) is 48.7 Å². The number of imidazole rings is 1. The van der Waals surface area contributed by atoms with Crippen LogP contribution in [0, 0.1) is 5.92 Å². The van der Waals surface area contributed by atoms with Gasteiger partial charge in [-0.25, -0.2) is 4.98 Å². The standard InChI is InChI=1S/C21H28N8O.HI/c1-3-23-21(28-12-8-16(2)18(14-28)29-13-11-22-15-29)25-10-7-19-26-20(30-27-19)17-6-4-5-9-24-17;/h4-6,9,11,13,15-16,18H,3,7-8,10,12,14H2,1-2H3,(H,23,25);1H. The number of rotatable bonds is 6. The van der Waals surface area contributed by atoms with E-state index in [0.29, 0.717) is 42.3 Å². The minimum atomic E-state index is 0. The maximum Gasteiger partial charge on any atom is 0.276 e. The summed E-state index contributed by atoms with van der Waals surface area (Å²) < 4.78 is 7.54. The van der Waals surface area contributed by atoms with Gasteiger partial charge in [-0.1, -0.05) is 18.1 Å². The van der Waals surface area contributed by atoms with Gasteiger partial charge in [-0.2, -0.15) is 4.98 Å². The van der Waals surface area contributed by atoms with Crippen molar-refractivity contribution in [2.45, 2.75) is 32.7 Å². The predicted octanol–water partition coefficient (Wildman–Crippen LogP) is 3.04. The number of pyridine rings is 1. The molecule has 3 aromatic rings. The van der Waals surface area contributed by atoms with Crippen molar-refractivity contribution in [3.63, 3.8) is 0 Å². The van der Waals surface area contributed by atoms with Gasteiger partial charge in [0, 0.05) is 51.2 Å². The van der Waals surface area contributed by atoms with E-state index >= 15 is 0 Å². The molecule has 1 saturated heterocycles. The summed E-state index contributed by atoms with van der Waals surface area (Å²) in [5.41, 5.74) is 0.682. The van der Waals surface area contributed by atoms with Crippen LogP contribution in [-0.2, 0) is 6.42 Å². The van der Waals surface area contributed by atoms with Crippen molar-refractivity contribution >= 4 is 29.9 Å². The van der Waals surface area contributed by atoms with Gasteiger partial charge >= 0.3 is 0 Å². The zero-order valence-electron chi connectivity index (χ0n) is 17.9. The molecule has 0 bridgehead atoms. The molecule has 31 heavy (non-hydrogen) atoms. The van der Waals surface area contributed by atoms with E-state index in [9.17, 15) is 0 Å². The Hall–Kier alpha value is -2.50. The summed E-state index contributed by atoms with van der Waals surface area (Å²) in [5, 5.41) is 7.49. The first-order valence-electron chi connectivity index (χ1n) is 10.5. The first kappa shape index (κ1) is 23.2. The Labute approximate surface area is 199 Å². The van der Waals surface area contributed by atoms with Gasteiger partial charge in [-0.05, 0) is 31.4 Å². The summed E-state index contributed by atoms with van der Waals surface area (Å²) in [7, 11) is 0. The summed E-state index contributed by atoms with van der Waals surface area (Å²) in [6, 6.07) is 6.00. The monoisotopic (exact) mass is 536 g/mol. The van der Waals surface area contributed by atoms with Crippen LogP contribution in [0.3, 0.4) is 0 Å². The highest BCUT2D eigenvalue weighted by Crippen LogP contribution is 2.27. The molecule has 0 aromatic carbocycles. The molecule has 10 heteroatoms. The molecule has 9 nitrogen and oxygen atoms in total. The SMILES string of the molecule is CCNC(=NCCc1noc(-c2ccccn2)n1)N1CCC(C)C(n2ccnc2)C1.I. The van der Waals surface area contributed by atoms with Crippen molar-refractivity contribution in [3.8, 4) is 11.6 Å². The van der Waals surface area contributed by atoms with Crippen LogP contribution in [0.4, 0.5) is 0 Å². The Bertz CT molecular complexity index is 943. The highest BCUT2D eigenvalue weighted by Gasteiger charge is 2.28. The normalized spacial score (nSPS) is 19.2. The first-order valence-corrected chi connectivity index (χ1v) is 10.5. The van der Waals surface area contributed by atoms with Crippen molar-refractivity contribution in [1.29, 1.82) is 0 Å². The molecule has 166 valence electrons. The molecule has 1 aliphatic heterocycles. The Balaban J connectivity index is 0.00000272. The molecule has 1 fully saturated rings. The van der Waals surface area contributed by atoms with E-state index in [-0.39, 0.29) is 24.0 Å². The lowest BCUT2D eigenvalue weighted by Crippen LogP contribution is -2.49. The van der Waals surface area contributed by atoms with Crippen LogP contribution in [-0.4, -0.2) is 61.7 Å². The first-order chi connectivity index (χ1) is 14.7. The van der Waals surface area contributed by atoms with Gasteiger partial charge in [-0.15, -0.1) is 24.0 Å². The van der Waals surface area contributed by atoms with E-state index in [0.717, 1.165) is 32.0 Å². The maximum atomic E-state index is 5.33. The van der Waals surface area contributed by atoms with Crippen LogP contribution in [0.2, 0.25) is 0 Å². The average Bonchev–Trinajstić information content (AvgIpc) is 3.47. The number of hydrogen-bond acceptors (Lipinski definition) is 6. The van der Waals surface area contributed by atoms with E-state index in [1.807, 2.05) is 36.9 Å². The molecule has 2 atom stereocenters. The predicted molar refractivity (Wildman–Crippen MR) is 129 cm³/mol. The Morgan fingerprint density at radius 1 is 1.32 bits per heavy atom. The lowest BCUT2D eigenvalue weighted by Gasteiger charge is -2.39. The molecule has 2 unspecified atom stereocenters. The molecular weight excluding hydrogens is 507 g/mol. The third-order valence-corrected chi connectivity index (χ3v) is 5.41. The molecule has 4 heterocycles. The number of nitrogens with zero attached hydrogens (tertiary/aromatic N) is 7. The number of likely N-dealkylation sites (tertiary alicyclic amines) is 1. The van der Waals surface area contributed by atoms with Crippen LogP contribution >= 0.6 is 24.0 Å². The van der Waals surface area contributed by atoms with Gasteiger partial charge in [-0.3, -0.25) is 9.98 Å². The highest BCUT2D eigenvalue weighted by atomic mass is 127. The number of piperidine rings is 1. The molecule has 0 amide bonds. The summed E-state index contributed by atoms with van der Waals surface area (Å²) >= 11 is 0. The molecule has 0 aliphatic carbocycles. The molecule has 0 radical (unpaired) electrons. The fourth-order valence-electron chi connectivity index (χ4n) is 3.73. The van der Waals surface area contributed by atoms with Crippen LogP contribution in [0.25, 0.3) is 11.6 Å². The molecule has 1 aliphatic rings. The minimum Gasteiger partial charge on any atom is -0.357 e. The number of nitrogens with one attached hydrogen (secondary N) is 1. The number of guanidine groups is 1. The summed E-state index contributed by atoms with van der Waals surface area (Å²) in [6.07, 6.45) is 9.23. The van der Waals surface area contributed by atoms with Gasteiger partial charge in [0.15, 0.2) is 11.8 Å². The van der Waals surface area contributed by atoms with E-state index in [4.69, 9.17) is 9.52 Å². The van der Waals surface area contributed by atoms with Gasteiger partial charge in [0.05, 0.1) is 12.4 Å². The lowest BCUT2D eigenvalue weighted by molar-refractivity contribution is 0.189. The highest BCUT2D eigenvalue weighted by molar-refractivity contribution is 14.0. The third-order valence-electron chi connectivity index (χ3n) is 5.41. The lowest BCUT2D eigenvalue weighted by atomic mass is 9.93. The Kier molecular flexibility index (Phi) is 8.38. The largest absolute Gasteiger partial charge is 0.357 e. The molecule has 3 aromatic heterocycles. The average molecular weight is 536 g/mol. The Morgan fingerprint density at radius 2 is 2.23 bits per heavy atom. The van der Waals surface area contributed by atoms with Gasteiger partial charge in [0.1, 0.15) is 5.69 Å². The van der Waals surface area contributed by atoms with E-state index in [1.54, 1.807) is 6.20 Å². The number of aliphatic imine (C=N–C) groups is 1. The second-order valence-electron chi connectivity index (χ2n) is 7.51. The van der Waals surface area contributed by atoms with Crippen LogP contribution in [0.15, 0.2) is 52.6 Å². The van der Waals surface area contributed by atoms with Crippen molar-refractivity contribution in [3.05, 3.63) is 48.9 Å². The zero-order chi connectivity index (χ0) is 20.8. The molecular formula is C21H29IN8O. The fraction of sp³-hybridized carbons (Fsp3) is 0.476. The van der Waals surface area contributed by atoms with Crippen LogP contribution in [0.1, 0.15) is 32.1 Å². The fourth-order valence-corrected chi connectivity index (χ4v) is 3.73. The van der Waals surface area contributed by atoms with Crippen molar-refractivity contribution in [2.24, 2.45) is 10.9 Å². The second kappa shape index (κ2) is 11.2. The van der Waals surface area contributed by atoms with Crippen LogP contribution in [0.5, 0.6) is 0 Å². The van der Waals surface area contributed by atoms with Crippen molar-refractivity contribution in [2.75, 3.05) is 26.2 Å². The number of halogens is 1. The second-order valence-corrected chi connectivity index (χ2v) is 7.51. The van der Waals surface area contributed by atoms with E-state index in [1.165, 1.54) is 0 Å². The topological polar surface area (TPSA) is 97.3 Å². The minimum absolute atomic E-state index is 0. The molecule has 0 spiro atoms. The summed E-state index contributed by atoms with van der Waals surface area (Å²) in [5.74, 6) is 2.61. The smallest absolute Gasteiger partial charge is 0.276 e. The zero-order valence-corrected chi connectivity index (χ0v) is 20.2. The number of aromatic nitrogens is 5. The third kappa shape index (κ3) is 5.81. The molecule has 1 N–H and O–H groups in total. The van der Waals surface area contributed by atoms with Gasteiger partial charge in [0.25, 0.3) is 5.89 Å². The maximum absolute atomic E-state index is 5.33. The number of hydrogen-bond donors (Lipinski definition) is 1. The molecule has 0 saturated carbocycles. The van der Waals surface area contributed by atoms with Crippen molar-refractivity contribution in [1.82, 2.24) is 34.9 Å². The van der Waals surface area contributed by atoms with Crippen molar-refractivity contribution < 1.29 is 4.52 Å². The summed E-state index contributed by atoms with van der Waals surface area (Å²) in [4.78, 5) is 20.1. The van der Waals surface area contributed by atoms with E-state index < -0.39 is 0 Å². The summed E-state index contributed by atoms with van der Waals surface area (Å²) in [6.45, 7) is 7.72. The molecule has 4 rings (SSSR count). The quantitative estimate of drug-likeness (QED) is 0.294.